The summed E-state index contributed by atoms with van der Waals surface area (Å²) < 4.78 is 57.1. The number of rotatable bonds is 3. The van der Waals surface area contributed by atoms with Gasteiger partial charge in [-0.2, -0.15) is 23.0 Å². The summed E-state index contributed by atoms with van der Waals surface area (Å²) in [6, 6.07) is 4.30. The maximum Gasteiger partial charge on any atom is 0.435 e. The van der Waals surface area contributed by atoms with E-state index in [0.717, 1.165) is 17.9 Å². The Labute approximate surface area is 111 Å². The van der Waals surface area contributed by atoms with Crippen LogP contribution in [0.5, 0.6) is 5.88 Å². The minimum atomic E-state index is -4.65. The molecule has 0 aliphatic carbocycles. The molecule has 4 nitrogen and oxygen atoms in total. The lowest BCUT2D eigenvalue weighted by Gasteiger charge is -2.08. The Bertz CT molecular complexity index is 622. The highest BCUT2D eigenvalue weighted by Crippen LogP contribution is 2.32. The van der Waals surface area contributed by atoms with Gasteiger partial charge in [0.25, 0.3) is 0 Å². The standard InChI is InChI=1S/C12H10F4N2O2/c1-20-11-5-10(12(14,15)16)17-18(11)9-3-2-7(6-19)4-8(9)13/h2-5,19H,6H2,1H3. The van der Waals surface area contributed by atoms with Crippen LogP contribution in [0.4, 0.5) is 17.6 Å². The topological polar surface area (TPSA) is 47.3 Å². The molecule has 0 saturated heterocycles. The number of ether oxygens (including phenoxy) is 1. The van der Waals surface area contributed by atoms with Gasteiger partial charge in [0, 0.05) is 6.07 Å². The Balaban J connectivity index is 2.54. The molecule has 8 heteroatoms. The van der Waals surface area contributed by atoms with Gasteiger partial charge in [-0.1, -0.05) is 6.07 Å². The maximum absolute atomic E-state index is 13.8. The summed E-state index contributed by atoms with van der Waals surface area (Å²) in [5, 5.41) is 12.2. The molecule has 0 bridgehead atoms. The highest BCUT2D eigenvalue weighted by molar-refractivity contribution is 5.39. The molecule has 0 amide bonds. The molecule has 2 rings (SSSR count). The van der Waals surface area contributed by atoms with Gasteiger partial charge in [0.15, 0.2) is 5.69 Å². The SMILES string of the molecule is COc1cc(C(F)(F)F)nn1-c1ccc(CO)cc1F. The highest BCUT2D eigenvalue weighted by atomic mass is 19.4. The summed E-state index contributed by atoms with van der Waals surface area (Å²) >= 11 is 0. The number of aromatic nitrogens is 2. The second-order valence-corrected chi connectivity index (χ2v) is 3.93. The smallest absolute Gasteiger partial charge is 0.435 e. The van der Waals surface area contributed by atoms with Crippen molar-refractivity contribution < 1.29 is 27.4 Å². The van der Waals surface area contributed by atoms with Gasteiger partial charge >= 0.3 is 6.18 Å². The first-order chi connectivity index (χ1) is 9.36. The second-order valence-electron chi connectivity index (χ2n) is 3.93. The molecule has 20 heavy (non-hydrogen) atoms. The summed E-state index contributed by atoms with van der Waals surface area (Å²) in [6.07, 6.45) is -4.65. The third kappa shape index (κ3) is 2.60. The number of halogens is 4. The van der Waals surface area contributed by atoms with E-state index in [9.17, 15) is 17.6 Å². The van der Waals surface area contributed by atoms with E-state index in [0.29, 0.717) is 11.6 Å². The van der Waals surface area contributed by atoms with Crippen LogP contribution in [-0.2, 0) is 12.8 Å². The Morgan fingerprint density at radius 2 is 2.00 bits per heavy atom. The van der Waals surface area contributed by atoms with Crippen LogP contribution in [0, 0.1) is 5.82 Å². The monoisotopic (exact) mass is 290 g/mol. The number of alkyl halides is 3. The summed E-state index contributed by atoms with van der Waals surface area (Å²) in [5.74, 6) is -1.06. The van der Waals surface area contributed by atoms with E-state index in [1.165, 1.54) is 12.1 Å². The number of aliphatic hydroxyl groups is 1. The van der Waals surface area contributed by atoms with Gasteiger partial charge in [-0.25, -0.2) is 4.39 Å². The molecule has 0 unspecified atom stereocenters. The number of methoxy groups -OCH3 is 1. The number of benzene rings is 1. The lowest BCUT2D eigenvalue weighted by Crippen LogP contribution is -2.08. The van der Waals surface area contributed by atoms with E-state index in [2.05, 4.69) is 5.10 Å². The van der Waals surface area contributed by atoms with Crippen molar-refractivity contribution in [3.8, 4) is 11.6 Å². The van der Waals surface area contributed by atoms with Gasteiger partial charge in [0.2, 0.25) is 5.88 Å². The molecular weight excluding hydrogens is 280 g/mol. The van der Waals surface area contributed by atoms with Crippen molar-refractivity contribution in [3.63, 3.8) is 0 Å². The predicted octanol–water partition coefficient (Wildman–Crippen LogP) is 2.53. The molecule has 0 aliphatic heterocycles. The normalized spacial score (nSPS) is 11.7. The largest absolute Gasteiger partial charge is 0.481 e. The summed E-state index contributed by atoms with van der Waals surface area (Å²) in [5.41, 5.74) is -1.08. The summed E-state index contributed by atoms with van der Waals surface area (Å²) in [7, 11) is 1.16. The van der Waals surface area contributed by atoms with Gasteiger partial charge in [-0.3, -0.25) is 0 Å². The fraction of sp³-hybridized carbons (Fsp3) is 0.250. The number of aliphatic hydroxyl groups excluding tert-OH is 1. The van der Waals surface area contributed by atoms with Crippen LogP contribution in [0.3, 0.4) is 0 Å². The maximum atomic E-state index is 13.8. The molecule has 0 aliphatic rings. The van der Waals surface area contributed by atoms with Crippen LogP contribution in [0.15, 0.2) is 24.3 Å². The number of hydrogen-bond acceptors (Lipinski definition) is 3. The number of hydrogen-bond donors (Lipinski definition) is 1. The third-order valence-electron chi connectivity index (χ3n) is 2.60. The third-order valence-corrected chi connectivity index (χ3v) is 2.60. The molecule has 2 aromatic rings. The first-order valence-electron chi connectivity index (χ1n) is 5.47. The Kier molecular flexibility index (Phi) is 3.67. The molecule has 1 N–H and O–H groups in total. The summed E-state index contributed by atoms with van der Waals surface area (Å²) in [6.45, 7) is -0.374. The molecule has 0 fully saturated rings. The van der Waals surface area contributed by atoms with Crippen molar-refractivity contribution in [1.82, 2.24) is 9.78 Å². The van der Waals surface area contributed by atoms with E-state index in [1.54, 1.807) is 0 Å². The fourth-order valence-corrected chi connectivity index (χ4v) is 1.64. The molecule has 1 aromatic carbocycles. The van der Waals surface area contributed by atoms with Crippen molar-refractivity contribution in [2.45, 2.75) is 12.8 Å². The van der Waals surface area contributed by atoms with Crippen LogP contribution in [0.1, 0.15) is 11.3 Å². The van der Waals surface area contributed by atoms with Crippen LogP contribution in [0.2, 0.25) is 0 Å². The van der Waals surface area contributed by atoms with Crippen LogP contribution >= 0.6 is 0 Å². The first kappa shape index (κ1) is 14.3. The molecule has 108 valence electrons. The van der Waals surface area contributed by atoms with Gasteiger partial charge in [0.1, 0.15) is 11.5 Å². The zero-order chi connectivity index (χ0) is 14.9. The minimum absolute atomic E-state index is 0.199. The zero-order valence-corrected chi connectivity index (χ0v) is 10.3. The predicted molar refractivity (Wildman–Crippen MR) is 61.0 cm³/mol. The molecule has 0 saturated carbocycles. The molecule has 1 heterocycles. The highest BCUT2D eigenvalue weighted by Gasteiger charge is 2.35. The van der Waals surface area contributed by atoms with Gasteiger partial charge in [0.05, 0.1) is 13.7 Å². The van der Waals surface area contributed by atoms with E-state index in [4.69, 9.17) is 9.84 Å². The fourth-order valence-electron chi connectivity index (χ4n) is 1.64. The van der Waals surface area contributed by atoms with Crippen molar-refractivity contribution >= 4 is 0 Å². The average molecular weight is 290 g/mol. The van der Waals surface area contributed by atoms with Crippen molar-refractivity contribution in [3.05, 3.63) is 41.3 Å². The molecule has 1 aromatic heterocycles. The summed E-state index contributed by atoms with van der Waals surface area (Å²) in [4.78, 5) is 0. The van der Waals surface area contributed by atoms with Crippen molar-refractivity contribution in [2.75, 3.05) is 7.11 Å². The first-order valence-corrected chi connectivity index (χ1v) is 5.47. The van der Waals surface area contributed by atoms with Crippen LogP contribution in [0.25, 0.3) is 5.69 Å². The van der Waals surface area contributed by atoms with E-state index in [-0.39, 0.29) is 18.2 Å². The van der Waals surface area contributed by atoms with Gasteiger partial charge < -0.3 is 9.84 Å². The van der Waals surface area contributed by atoms with E-state index >= 15 is 0 Å². The molecule has 0 spiro atoms. The lowest BCUT2D eigenvalue weighted by molar-refractivity contribution is -0.141. The van der Waals surface area contributed by atoms with Gasteiger partial charge in [-0.15, -0.1) is 0 Å². The van der Waals surface area contributed by atoms with Crippen LogP contribution in [-0.4, -0.2) is 22.0 Å². The quantitative estimate of drug-likeness (QED) is 0.884. The average Bonchev–Trinajstić information content (AvgIpc) is 2.82. The zero-order valence-electron chi connectivity index (χ0n) is 10.3. The van der Waals surface area contributed by atoms with Crippen LogP contribution < -0.4 is 4.74 Å². The van der Waals surface area contributed by atoms with Crippen molar-refractivity contribution in [1.29, 1.82) is 0 Å². The van der Waals surface area contributed by atoms with Gasteiger partial charge in [-0.05, 0) is 17.7 Å². The Morgan fingerprint density at radius 3 is 2.50 bits per heavy atom. The lowest BCUT2D eigenvalue weighted by atomic mass is 10.2. The number of nitrogens with zero attached hydrogens (tertiary/aromatic N) is 2. The van der Waals surface area contributed by atoms with Crippen molar-refractivity contribution in [2.24, 2.45) is 0 Å². The Hall–Kier alpha value is -2.09. The molecule has 0 radical (unpaired) electrons. The van der Waals surface area contributed by atoms with E-state index in [1.807, 2.05) is 0 Å². The molecular formula is C12H10F4N2O2. The minimum Gasteiger partial charge on any atom is -0.481 e. The van der Waals surface area contributed by atoms with E-state index < -0.39 is 17.7 Å². The Morgan fingerprint density at radius 1 is 1.30 bits per heavy atom. The second kappa shape index (κ2) is 5.12. The molecule has 0 atom stereocenters.